The van der Waals surface area contributed by atoms with Gasteiger partial charge in [0.15, 0.2) is 17.5 Å². The van der Waals surface area contributed by atoms with Crippen molar-refractivity contribution in [3.63, 3.8) is 0 Å². The van der Waals surface area contributed by atoms with Crippen LogP contribution in [-0.2, 0) is 29.4 Å². The van der Waals surface area contributed by atoms with Gasteiger partial charge in [-0.05, 0) is 105 Å². The maximum atomic E-state index is 13.9. The molecule has 0 saturated carbocycles. The molecular weight excluding hydrogens is 695 g/mol. The highest BCUT2D eigenvalue weighted by Crippen LogP contribution is 2.55. The van der Waals surface area contributed by atoms with Crippen LogP contribution in [0.2, 0.25) is 0 Å². The molecule has 0 unspecified atom stereocenters. The summed E-state index contributed by atoms with van der Waals surface area (Å²) in [5.41, 5.74) is -0.466. The molecule has 0 spiro atoms. The van der Waals surface area contributed by atoms with E-state index in [-0.39, 0.29) is 24.8 Å². The summed E-state index contributed by atoms with van der Waals surface area (Å²) < 4.78 is 64.3. The van der Waals surface area contributed by atoms with Gasteiger partial charge in [-0.3, -0.25) is 28.4 Å². The normalized spacial score (nSPS) is 15.7. The number of rotatable bonds is 16. The number of hydrogen-bond donors (Lipinski definition) is 3. The van der Waals surface area contributed by atoms with Gasteiger partial charge in [0.25, 0.3) is 0 Å². The number of carbonyl (C=O) groups excluding carboxylic acids is 1. The van der Waals surface area contributed by atoms with E-state index in [1.807, 2.05) is 59.7 Å². The second kappa shape index (κ2) is 16.8. The molecule has 2 aromatic heterocycles. The van der Waals surface area contributed by atoms with Gasteiger partial charge in [-0.15, -0.1) is 0 Å². The van der Waals surface area contributed by atoms with Crippen LogP contribution in [0.1, 0.15) is 72.9 Å². The fourth-order valence-corrected chi connectivity index (χ4v) is 7.58. The second-order valence-electron chi connectivity index (χ2n) is 14.7. The number of unbranched alkanes of at least 4 members (excludes halogenated alkanes) is 1. The topological polar surface area (TPSA) is 153 Å². The van der Waals surface area contributed by atoms with Crippen molar-refractivity contribution in [1.29, 1.82) is 0 Å². The lowest BCUT2D eigenvalue weighted by Crippen LogP contribution is -2.34. The van der Waals surface area contributed by atoms with Crippen LogP contribution in [0.4, 0.5) is 26.1 Å². The molecule has 3 heterocycles. The van der Waals surface area contributed by atoms with Crippen molar-refractivity contribution in [2.75, 3.05) is 36.9 Å². The number of halogens is 2. The monoisotopic (exact) mass is 743 g/mol. The Morgan fingerprint density at radius 1 is 1.04 bits per heavy atom. The second-order valence-corrected chi connectivity index (χ2v) is 16.2. The third kappa shape index (κ3) is 11.5. The average Bonchev–Trinajstić information content (AvgIpc) is 3.69. The molecule has 52 heavy (non-hydrogen) atoms. The van der Waals surface area contributed by atoms with Gasteiger partial charge in [0.05, 0.1) is 42.0 Å². The van der Waals surface area contributed by atoms with E-state index in [1.165, 1.54) is 18.5 Å². The lowest BCUT2D eigenvalue weighted by Gasteiger charge is -2.32. The zero-order valence-electron chi connectivity index (χ0n) is 30.5. The summed E-state index contributed by atoms with van der Waals surface area (Å²) in [6.45, 7) is 13.6. The van der Waals surface area contributed by atoms with Crippen molar-refractivity contribution in [3.8, 4) is 5.75 Å². The zero-order valence-corrected chi connectivity index (χ0v) is 31.4. The van der Waals surface area contributed by atoms with Gasteiger partial charge < -0.3 is 15.4 Å². The van der Waals surface area contributed by atoms with Crippen LogP contribution in [-0.4, -0.2) is 74.5 Å². The summed E-state index contributed by atoms with van der Waals surface area (Å²) in [5.74, 6) is -1.09. The molecular formula is C36H48F2N7O6P. The van der Waals surface area contributed by atoms with Crippen molar-refractivity contribution in [1.82, 2.24) is 25.1 Å². The number of H-pyrrole nitrogens is 1. The Morgan fingerprint density at radius 3 is 2.56 bits per heavy atom. The average molecular weight is 744 g/mol. The SMILES string of the molecule is CC(C)(C)OP(=O)(OC[C@@H]1CCCN1CCCCOc1ccc2c(Nc3cc(CC(=O)Nc4cccc(F)c4F)[nH]n3)ncnc2c1)OC(C)(C)C. The summed E-state index contributed by atoms with van der Waals surface area (Å²) in [7, 11) is -3.76. The Labute approximate surface area is 302 Å². The Balaban J connectivity index is 1.08. The molecule has 2 aromatic carbocycles. The van der Waals surface area contributed by atoms with Crippen LogP contribution in [0.15, 0.2) is 48.8 Å². The van der Waals surface area contributed by atoms with Crippen molar-refractivity contribution in [2.45, 2.75) is 90.9 Å². The smallest absolute Gasteiger partial charge is 0.475 e. The van der Waals surface area contributed by atoms with E-state index in [0.717, 1.165) is 50.2 Å². The van der Waals surface area contributed by atoms with Crippen molar-refractivity contribution < 1.29 is 36.4 Å². The number of nitrogens with one attached hydrogen (secondary N) is 3. The molecule has 5 rings (SSSR count). The molecule has 0 radical (unpaired) electrons. The molecule has 3 N–H and O–H groups in total. The number of likely N-dealkylation sites (tertiary alicyclic amines) is 1. The van der Waals surface area contributed by atoms with E-state index in [0.29, 0.717) is 35.2 Å². The van der Waals surface area contributed by atoms with Gasteiger partial charge in [0.2, 0.25) is 5.91 Å². The van der Waals surface area contributed by atoms with Gasteiger partial charge >= 0.3 is 7.82 Å². The van der Waals surface area contributed by atoms with Crippen molar-refractivity contribution >= 4 is 42.0 Å². The molecule has 1 aliphatic heterocycles. The third-order valence-corrected chi connectivity index (χ3v) is 9.87. The highest BCUT2D eigenvalue weighted by Gasteiger charge is 2.38. The molecule has 282 valence electrons. The van der Waals surface area contributed by atoms with Gasteiger partial charge in [-0.1, -0.05) is 6.07 Å². The number of carbonyl (C=O) groups is 1. The molecule has 1 atom stereocenters. The van der Waals surface area contributed by atoms with Gasteiger partial charge in [-0.2, -0.15) is 5.10 Å². The Bertz CT molecular complexity index is 1860. The summed E-state index contributed by atoms with van der Waals surface area (Å²) in [6.07, 6.45) is 5.06. The molecule has 1 fully saturated rings. The number of phosphoric acid groups is 1. The Kier molecular flexibility index (Phi) is 12.6. The number of hydrogen-bond acceptors (Lipinski definition) is 11. The van der Waals surface area contributed by atoms with Crippen LogP contribution in [0, 0.1) is 11.6 Å². The number of phosphoric ester groups is 1. The van der Waals surface area contributed by atoms with Crippen LogP contribution in [0.25, 0.3) is 10.9 Å². The predicted molar refractivity (Wildman–Crippen MR) is 195 cm³/mol. The first-order valence-electron chi connectivity index (χ1n) is 17.4. The van der Waals surface area contributed by atoms with E-state index in [1.54, 1.807) is 6.07 Å². The number of aromatic amines is 1. The molecule has 13 nitrogen and oxygen atoms in total. The van der Waals surface area contributed by atoms with Gasteiger partial charge in [0.1, 0.15) is 17.9 Å². The molecule has 1 saturated heterocycles. The van der Waals surface area contributed by atoms with E-state index in [4.69, 9.17) is 18.3 Å². The molecule has 1 amide bonds. The van der Waals surface area contributed by atoms with Crippen LogP contribution >= 0.6 is 7.82 Å². The van der Waals surface area contributed by atoms with Crippen LogP contribution in [0.5, 0.6) is 5.75 Å². The summed E-state index contributed by atoms with van der Waals surface area (Å²) in [5, 5.41) is 13.2. The molecule has 4 aromatic rings. The van der Waals surface area contributed by atoms with Crippen molar-refractivity contribution in [3.05, 3.63) is 66.1 Å². The fourth-order valence-electron chi connectivity index (χ4n) is 5.74. The number of benzene rings is 2. The van der Waals surface area contributed by atoms with Crippen LogP contribution in [0.3, 0.4) is 0 Å². The number of amides is 1. The molecule has 0 bridgehead atoms. The Hall–Kier alpha value is -4.01. The summed E-state index contributed by atoms with van der Waals surface area (Å²) in [6, 6.07) is 10.9. The molecule has 16 heteroatoms. The van der Waals surface area contributed by atoms with E-state index >= 15 is 0 Å². The number of aromatic nitrogens is 4. The first kappa shape index (κ1) is 39.2. The fraction of sp³-hybridized carbons (Fsp3) is 0.500. The first-order chi connectivity index (χ1) is 24.6. The maximum absolute atomic E-state index is 13.9. The minimum Gasteiger partial charge on any atom is -0.494 e. The summed E-state index contributed by atoms with van der Waals surface area (Å²) in [4.78, 5) is 23.5. The number of anilines is 3. The quantitative estimate of drug-likeness (QED) is 0.0758. The maximum Gasteiger partial charge on any atom is 0.475 e. The minimum absolute atomic E-state index is 0.133. The lowest BCUT2D eigenvalue weighted by atomic mass is 10.2. The highest BCUT2D eigenvalue weighted by molar-refractivity contribution is 7.48. The minimum atomic E-state index is -3.76. The van der Waals surface area contributed by atoms with E-state index in [9.17, 15) is 18.1 Å². The number of nitrogens with zero attached hydrogens (tertiary/aromatic N) is 4. The van der Waals surface area contributed by atoms with E-state index in [2.05, 4.69) is 35.7 Å². The molecule has 0 aliphatic carbocycles. The van der Waals surface area contributed by atoms with Gasteiger partial charge in [-0.25, -0.2) is 23.3 Å². The standard InChI is InChI=1S/C36H48F2N7O6P/c1-35(2,3)50-52(47,51-36(4,5)6)49-22-25-11-10-17-45(25)16-7-8-18-48-26-14-15-27-30(21-26)39-23-40-34(27)42-31-19-24(43-44-31)20-32(46)41-29-13-9-12-28(37)33(29)38/h9,12-15,19,21,23,25H,7-8,10-11,16-18,20,22H2,1-6H3,(H,41,46)(H2,39,40,42,43,44)/t25-/m0/s1. The van der Waals surface area contributed by atoms with Crippen molar-refractivity contribution in [2.24, 2.45) is 0 Å². The summed E-state index contributed by atoms with van der Waals surface area (Å²) >= 11 is 0. The number of fused-ring (bicyclic) bond motifs is 1. The largest absolute Gasteiger partial charge is 0.494 e. The number of ether oxygens (including phenoxy) is 1. The van der Waals surface area contributed by atoms with E-state index < -0.39 is 36.6 Å². The van der Waals surface area contributed by atoms with Gasteiger partial charge in [0, 0.05) is 29.3 Å². The van der Waals surface area contributed by atoms with Crippen LogP contribution < -0.4 is 15.4 Å². The molecule has 1 aliphatic rings. The first-order valence-corrected chi connectivity index (χ1v) is 18.8. The highest BCUT2D eigenvalue weighted by atomic mass is 31.2. The lowest BCUT2D eigenvalue weighted by molar-refractivity contribution is -0.115. The third-order valence-electron chi connectivity index (χ3n) is 7.87. The zero-order chi connectivity index (χ0) is 37.5. The Morgan fingerprint density at radius 2 is 1.81 bits per heavy atom. The predicted octanol–water partition coefficient (Wildman–Crippen LogP) is 7.93.